The monoisotopic (exact) mass is 1550 g/mol. The number of unbranched alkanes of at least 4 members (excludes halogenated alkanes) is 1. The number of carbonyl (C=O) groups excluding carboxylic acids is 13. The second kappa shape index (κ2) is 48.8. The lowest BCUT2D eigenvalue weighted by Gasteiger charge is -2.32. The van der Waals surface area contributed by atoms with Crippen LogP contribution in [0.4, 0.5) is 0 Å². The molecule has 1 saturated carbocycles. The molecule has 0 radical (unpaired) electrons. The molecule has 0 saturated heterocycles. The van der Waals surface area contributed by atoms with Gasteiger partial charge in [-0.2, -0.15) is 25.3 Å². The number of carboxylic acid groups (broad SMARTS) is 1. The molecule has 0 unspecified atom stereocenters. The Morgan fingerprint density at radius 3 is 1.31 bits per heavy atom. The summed E-state index contributed by atoms with van der Waals surface area (Å²) in [6, 6.07) is -12.9. The Balaban J connectivity index is 2.42. The van der Waals surface area contributed by atoms with E-state index >= 15 is 0 Å². The van der Waals surface area contributed by atoms with Crippen LogP contribution < -0.4 is 116 Å². The van der Waals surface area contributed by atoms with E-state index < -0.39 is 191 Å². The molecule has 1 aromatic carbocycles. The number of aromatic hydroxyl groups is 1. The SMILES string of the molecule is C[C@@H](O)[C@H](NC(=O)[C@H](CCN)NC(=O)[C@H](CCCN=C(N)N)NC(=O)[C@H](CC(N)=O)NC(=O)[C@@H](NC(=O)[C@@H](N)Cc1ccc(O)cc1)C(C)(C)S)C(=O)N[C@H](CCN)C(=O)N[C@@H](CCCCN)C(=O)N[C@@H](CS)C(=O)N[C@@H](CCC(N)=O)C(=O)N[C@@H](CCCN=C(N)N)C(=O)N[C@@H](CC1CCCCC1)C(=O)O. The summed E-state index contributed by atoms with van der Waals surface area (Å²) < 4.78 is -1.36. The summed E-state index contributed by atoms with van der Waals surface area (Å²) in [6.07, 6.45) is 0.416. The van der Waals surface area contributed by atoms with E-state index in [1.165, 1.54) is 38.1 Å². The Labute approximate surface area is 631 Å². The highest BCUT2D eigenvalue weighted by molar-refractivity contribution is 7.81. The van der Waals surface area contributed by atoms with E-state index in [1.807, 2.05) is 0 Å². The molecule has 42 heteroatoms. The fraction of sp³-hybridized carbons (Fsp3) is 0.662. The van der Waals surface area contributed by atoms with Crippen molar-refractivity contribution in [2.75, 3.05) is 38.5 Å². The van der Waals surface area contributed by atoms with Gasteiger partial charge in [-0.15, -0.1) is 0 Å². The smallest absolute Gasteiger partial charge is 0.326 e. The van der Waals surface area contributed by atoms with Crippen LogP contribution >= 0.6 is 25.3 Å². The van der Waals surface area contributed by atoms with Gasteiger partial charge in [-0.25, -0.2) is 4.79 Å². The quantitative estimate of drug-likeness (QED) is 0.0125. The van der Waals surface area contributed by atoms with Crippen LogP contribution in [0.5, 0.6) is 5.75 Å². The average Bonchev–Trinajstić information content (AvgIpc) is 0.852. The van der Waals surface area contributed by atoms with Crippen LogP contribution in [0.2, 0.25) is 0 Å². The van der Waals surface area contributed by atoms with Crippen molar-refractivity contribution in [2.45, 2.75) is 226 Å². The third-order valence-corrected chi connectivity index (χ3v) is 17.7. The van der Waals surface area contributed by atoms with E-state index in [2.05, 4.69) is 93.7 Å². The molecule has 13 atom stereocenters. The summed E-state index contributed by atoms with van der Waals surface area (Å²) in [4.78, 5) is 199. The maximum Gasteiger partial charge on any atom is 0.326 e. The number of benzene rings is 1. The minimum Gasteiger partial charge on any atom is -0.508 e. The highest BCUT2D eigenvalue weighted by Gasteiger charge is 2.40. The predicted molar refractivity (Wildman–Crippen MR) is 401 cm³/mol. The lowest BCUT2D eigenvalue weighted by Crippen LogP contribution is -2.63. The van der Waals surface area contributed by atoms with Gasteiger partial charge < -0.3 is 131 Å². The third kappa shape index (κ3) is 36.2. The Morgan fingerprint density at radius 1 is 0.495 bits per heavy atom. The van der Waals surface area contributed by atoms with E-state index in [4.69, 9.17) is 57.3 Å². The number of guanidine groups is 2. The molecular formula is C65H113N23O17S2. The lowest BCUT2D eigenvalue weighted by molar-refractivity contribution is -0.143. The number of primary amides is 2. The molecular weight excluding hydrogens is 1440 g/mol. The summed E-state index contributed by atoms with van der Waals surface area (Å²) in [5, 5.41) is 57.8. The number of phenols is 1. The van der Waals surface area contributed by atoms with Crippen LogP contribution in [0, 0.1) is 5.92 Å². The van der Waals surface area contributed by atoms with Gasteiger partial charge >= 0.3 is 5.97 Å². The standard InChI is InChI=1S/C65H113N23O17S2/c1-33(89)49(87-57(99)43(23-26-68)82-52(94)39(14-9-27-76-63(72)73)80-58(100)44(31-48(71)92)84-61(103)50(65(2,3)107)88-51(93)37(69)29-35-16-18-36(90)19-17-35)60(102)83-42(22-25-67)56(98)78-38(13-7-8-24-66)54(96)86-46(32-106)59(101)81-41(20-21-47(70)91)55(97)79-40(15-10-28-77-64(74)75)53(95)85-45(62(104)105)30-34-11-5-4-6-12-34/h16-19,33-34,37-46,49-50,89-90,106-107H,4-15,20-32,66-69H2,1-3H3,(H2,70,91)(H2,71,92)(H,78,98)(H,79,97)(H,80,100)(H,81,101)(H,82,94)(H,83,102)(H,84,103)(H,85,95)(H,86,96)(H,87,99)(H,88,93)(H,104,105)(H4,72,73,76)(H4,74,75,77)/t33-,37+,38+,39+,40+,41+,42-,43+,44+,45+,46+,49+,50-/m1/s1. The molecule has 40 nitrogen and oxygen atoms in total. The summed E-state index contributed by atoms with van der Waals surface area (Å²) in [7, 11) is 0. The number of carbonyl (C=O) groups is 14. The first-order chi connectivity index (χ1) is 50.3. The molecule has 0 aromatic heterocycles. The number of aliphatic imine (C=N–C) groups is 2. The number of carboxylic acids is 1. The number of phenolic OH excluding ortho intramolecular Hbond substituents is 1. The summed E-state index contributed by atoms with van der Waals surface area (Å²) in [6.45, 7) is 3.52. The zero-order valence-corrected chi connectivity index (χ0v) is 62.5. The number of amides is 13. The normalized spacial score (nSPS) is 15.9. The van der Waals surface area contributed by atoms with Crippen LogP contribution in [0.15, 0.2) is 34.3 Å². The molecule has 0 heterocycles. The Bertz CT molecular complexity index is 3190. The van der Waals surface area contributed by atoms with Crippen molar-refractivity contribution < 1.29 is 82.4 Å². The zero-order chi connectivity index (χ0) is 80.7. The highest BCUT2D eigenvalue weighted by atomic mass is 32.1. The average molecular weight is 1550 g/mol. The zero-order valence-electron chi connectivity index (χ0n) is 60.7. The fourth-order valence-corrected chi connectivity index (χ4v) is 11.6. The Morgan fingerprint density at radius 2 is 0.897 bits per heavy atom. The molecule has 2 rings (SSSR count). The molecule has 1 fully saturated rings. The number of thiol groups is 2. The van der Waals surface area contributed by atoms with Crippen LogP contribution in [-0.4, -0.2) is 232 Å². The lowest BCUT2D eigenvalue weighted by atomic mass is 9.84. The molecule has 34 N–H and O–H groups in total. The minimum atomic E-state index is -1.90. The van der Waals surface area contributed by atoms with E-state index in [0.29, 0.717) is 12.0 Å². The summed E-state index contributed by atoms with van der Waals surface area (Å²) in [5.74, 6) is -15.6. The second-order valence-corrected chi connectivity index (χ2v) is 28.1. The number of aliphatic hydroxyl groups is 1. The molecule has 0 bridgehead atoms. The number of nitrogens with one attached hydrogen (secondary N) is 11. The summed E-state index contributed by atoms with van der Waals surface area (Å²) in [5.41, 5.74) is 57.2. The van der Waals surface area contributed by atoms with Crippen LogP contribution in [0.25, 0.3) is 0 Å². The van der Waals surface area contributed by atoms with Crippen molar-refractivity contribution in [1.29, 1.82) is 0 Å². The maximum atomic E-state index is 14.3. The predicted octanol–water partition coefficient (Wildman–Crippen LogP) is -8.26. The number of hydrogen-bond acceptors (Lipinski definition) is 24. The first-order valence-electron chi connectivity index (χ1n) is 35.3. The molecule has 0 aliphatic heterocycles. The van der Waals surface area contributed by atoms with Gasteiger partial charge in [0.1, 0.15) is 72.2 Å². The van der Waals surface area contributed by atoms with Gasteiger partial charge in [-0.1, -0.05) is 44.2 Å². The number of hydrogen-bond donors (Lipinski definition) is 26. The third-order valence-electron chi connectivity index (χ3n) is 17.0. The second-order valence-electron chi connectivity index (χ2n) is 26.6. The summed E-state index contributed by atoms with van der Waals surface area (Å²) >= 11 is 8.75. The first kappa shape index (κ1) is 93.7. The van der Waals surface area contributed by atoms with Gasteiger partial charge in [0, 0.05) is 30.0 Å². The molecule has 107 heavy (non-hydrogen) atoms. The van der Waals surface area contributed by atoms with Gasteiger partial charge in [-0.3, -0.25) is 72.3 Å². The molecule has 0 spiro atoms. The van der Waals surface area contributed by atoms with Crippen LogP contribution in [-0.2, 0) is 73.5 Å². The van der Waals surface area contributed by atoms with Crippen molar-refractivity contribution in [3.63, 3.8) is 0 Å². The first-order valence-corrected chi connectivity index (χ1v) is 36.3. The number of nitrogens with zero attached hydrogens (tertiary/aromatic N) is 2. The molecule has 1 aliphatic carbocycles. The van der Waals surface area contributed by atoms with E-state index in [9.17, 15) is 82.4 Å². The largest absolute Gasteiger partial charge is 0.508 e. The highest BCUT2D eigenvalue weighted by Crippen LogP contribution is 2.28. The number of nitrogens with two attached hydrogens (primary N) is 10. The van der Waals surface area contributed by atoms with Gasteiger partial charge in [0.15, 0.2) is 11.9 Å². The fourth-order valence-electron chi connectivity index (χ4n) is 11.2. The molecule has 1 aliphatic rings. The van der Waals surface area contributed by atoms with Crippen molar-refractivity contribution in [1.82, 2.24) is 58.5 Å². The molecule has 602 valence electrons. The van der Waals surface area contributed by atoms with Gasteiger partial charge in [0.25, 0.3) is 0 Å². The minimum absolute atomic E-state index is 0.00614. The molecule has 1 aromatic rings. The number of aliphatic hydroxyl groups excluding tert-OH is 1. The van der Waals surface area contributed by atoms with E-state index in [1.54, 1.807) is 0 Å². The number of aliphatic carboxylic acids is 1. The van der Waals surface area contributed by atoms with Crippen LogP contribution in [0.1, 0.15) is 142 Å². The Kier molecular flexibility index (Phi) is 42.7. The van der Waals surface area contributed by atoms with E-state index in [0.717, 1.165) is 39.0 Å². The number of rotatable bonds is 51. The van der Waals surface area contributed by atoms with E-state index in [-0.39, 0.29) is 121 Å². The van der Waals surface area contributed by atoms with Crippen molar-refractivity contribution >= 4 is 120 Å². The Hall–Kier alpha value is -9.36. The maximum absolute atomic E-state index is 14.3. The van der Waals surface area contributed by atoms with Crippen molar-refractivity contribution in [2.24, 2.45) is 73.2 Å². The van der Waals surface area contributed by atoms with Gasteiger partial charge in [-0.05, 0) is 141 Å². The van der Waals surface area contributed by atoms with Crippen molar-refractivity contribution in [3.05, 3.63) is 29.8 Å². The van der Waals surface area contributed by atoms with Crippen molar-refractivity contribution in [3.8, 4) is 5.75 Å². The topological polar surface area (TPSA) is 717 Å². The molecule has 13 amide bonds. The van der Waals surface area contributed by atoms with Gasteiger partial charge in [0.2, 0.25) is 76.8 Å². The van der Waals surface area contributed by atoms with Crippen LogP contribution in [0.3, 0.4) is 0 Å². The van der Waals surface area contributed by atoms with Gasteiger partial charge in [0.05, 0.1) is 18.6 Å².